The Morgan fingerprint density at radius 3 is 2.50 bits per heavy atom. The normalized spacial score (nSPS) is 11.3. The van der Waals surface area contributed by atoms with Crippen LogP contribution in [0.1, 0.15) is 32.9 Å². The number of halogens is 1. The van der Waals surface area contributed by atoms with Gasteiger partial charge < -0.3 is 4.57 Å². The monoisotopic (exact) mass is 467 g/mol. The summed E-state index contributed by atoms with van der Waals surface area (Å²) in [5, 5.41) is 0.644. The van der Waals surface area contributed by atoms with Gasteiger partial charge in [-0.3, -0.25) is 4.79 Å². The van der Waals surface area contributed by atoms with E-state index in [9.17, 15) is 13.2 Å². The second kappa shape index (κ2) is 8.76. The molecule has 0 spiro atoms. The van der Waals surface area contributed by atoms with E-state index >= 15 is 0 Å². The molecule has 0 bridgehead atoms. The van der Waals surface area contributed by atoms with E-state index in [-0.39, 0.29) is 5.56 Å². The third-order valence-corrected chi connectivity index (χ3v) is 6.51. The molecule has 4 aromatic rings. The Morgan fingerprint density at radius 2 is 1.78 bits per heavy atom. The van der Waals surface area contributed by atoms with Gasteiger partial charge in [-0.2, -0.15) is 0 Å². The predicted octanol–water partition coefficient (Wildman–Crippen LogP) is 4.84. The molecule has 0 aliphatic rings. The van der Waals surface area contributed by atoms with Gasteiger partial charge in [-0.05, 0) is 67.8 Å². The standard InChI is InChI=1S/C24H22ClN3O3S/c1-15-8-9-16(2)22(12-15)28(32(30)31)24(29)18-10-11-21-23(13-18)27(17(3)26-21)14-19-6-4-5-7-20(19)25/h4-13,32H,14H2,1-3H3. The van der Waals surface area contributed by atoms with Crippen molar-refractivity contribution in [2.24, 2.45) is 0 Å². The van der Waals surface area contributed by atoms with Gasteiger partial charge in [0.1, 0.15) is 5.82 Å². The lowest BCUT2D eigenvalue weighted by atomic mass is 10.1. The minimum Gasteiger partial charge on any atom is -0.324 e. The summed E-state index contributed by atoms with van der Waals surface area (Å²) in [6, 6.07) is 17.9. The van der Waals surface area contributed by atoms with Gasteiger partial charge in [-0.15, -0.1) is 0 Å². The quantitative estimate of drug-likeness (QED) is 0.426. The maximum absolute atomic E-state index is 13.3. The number of imidazole rings is 1. The Kier molecular flexibility index (Phi) is 6.04. The fourth-order valence-electron chi connectivity index (χ4n) is 3.71. The number of nitrogens with zero attached hydrogens (tertiary/aromatic N) is 3. The molecule has 1 amide bonds. The number of hydrogen-bond donors (Lipinski definition) is 1. The van der Waals surface area contributed by atoms with Gasteiger partial charge in [0.2, 0.25) is 10.9 Å². The fraction of sp³-hybridized carbons (Fsp3) is 0.167. The highest BCUT2D eigenvalue weighted by molar-refractivity contribution is 7.75. The van der Waals surface area contributed by atoms with Crippen molar-refractivity contribution < 1.29 is 13.2 Å². The lowest BCUT2D eigenvalue weighted by molar-refractivity contribution is 0.101. The minimum atomic E-state index is -3.18. The Hall–Kier alpha value is -3.16. The molecule has 1 aromatic heterocycles. The number of aromatic nitrogens is 2. The largest absolute Gasteiger partial charge is 0.324 e. The first-order chi connectivity index (χ1) is 15.3. The van der Waals surface area contributed by atoms with Gasteiger partial charge in [0.15, 0.2) is 0 Å². The molecule has 0 aliphatic carbocycles. The first-order valence-corrected chi connectivity index (χ1v) is 11.5. The second-order valence-corrected chi connectivity index (χ2v) is 8.97. The highest BCUT2D eigenvalue weighted by Crippen LogP contribution is 2.26. The average molecular weight is 468 g/mol. The molecule has 4 rings (SSSR count). The Morgan fingerprint density at radius 1 is 1.03 bits per heavy atom. The van der Waals surface area contributed by atoms with Crippen LogP contribution >= 0.6 is 11.6 Å². The summed E-state index contributed by atoms with van der Waals surface area (Å²) in [6.07, 6.45) is 0. The summed E-state index contributed by atoms with van der Waals surface area (Å²) in [5.74, 6) is 0.158. The highest BCUT2D eigenvalue weighted by Gasteiger charge is 2.23. The molecule has 32 heavy (non-hydrogen) atoms. The number of thiol groups is 1. The maximum Gasteiger partial charge on any atom is 0.271 e. The Labute approximate surface area is 193 Å². The van der Waals surface area contributed by atoms with Crippen molar-refractivity contribution in [3.05, 3.63) is 93.8 Å². The van der Waals surface area contributed by atoms with Crippen molar-refractivity contribution in [1.29, 1.82) is 0 Å². The molecule has 8 heteroatoms. The SMILES string of the molecule is Cc1ccc(C)c(N(C(=O)c2ccc3nc(C)n(Cc4ccccc4Cl)c3c2)[SH](=O)=O)c1. The summed E-state index contributed by atoms with van der Waals surface area (Å²) >= 11 is 6.34. The van der Waals surface area contributed by atoms with Crippen LogP contribution < -0.4 is 4.31 Å². The van der Waals surface area contributed by atoms with Gasteiger partial charge in [-0.25, -0.2) is 17.7 Å². The molecular formula is C24H22ClN3O3S. The molecule has 0 fully saturated rings. The number of fused-ring (bicyclic) bond motifs is 1. The zero-order chi connectivity index (χ0) is 23.0. The van der Waals surface area contributed by atoms with Crippen molar-refractivity contribution in [3.8, 4) is 0 Å². The summed E-state index contributed by atoms with van der Waals surface area (Å²) < 4.78 is 27.0. The van der Waals surface area contributed by atoms with Crippen LogP contribution in [-0.2, 0) is 17.4 Å². The van der Waals surface area contributed by atoms with Crippen LogP contribution in [0.2, 0.25) is 5.02 Å². The number of amides is 1. The van der Waals surface area contributed by atoms with Crippen LogP contribution in [0.25, 0.3) is 11.0 Å². The molecule has 0 saturated heterocycles. The molecule has 0 N–H and O–H groups in total. The molecule has 0 radical (unpaired) electrons. The van der Waals surface area contributed by atoms with Crippen LogP contribution in [0.4, 0.5) is 5.69 Å². The predicted molar refractivity (Wildman–Crippen MR) is 128 cm³/mol. The Balaban J connectivity index is 1.79. The van der Waals surface area contributed by atoms with Crippen molar-refractivity contribution in [3.63, 3.8) is 0 Å². The van der Waals surface area contributed by atoms with E-state index in [1.54, 1.807) is 37.3 Å². The van der Waals surface area contributed by atoms with Crippen LogP contribution in [0.5, 0.6) is 0 Å². The molecular weight excluding hydrogens is 446 g/mol. The molecule has 1 heterocycles. The van der Waals surface area contributed by atoms with Gasteiger partial charge in [-0.1, -0.05) is 41.9 Å². The number of aryl methyl sites for hydroxylation is 3. The zero-order valence-corrected chi connectivity index (χ0v) is 19.5. The van der Waals surface area contributed by atoms with E-state index in [1.165, 1.54) is 0 Å². The minimum absolute atomic E-state index is 0.262. The van der Waals surface area contributed by atoms with Crippen molar-refractivity contribution >= 4 is 45.1 Å². The van der Waals surface area contributed by atoms with E-state index in [2.05, 4.69) is 4.98 Å². The van der Waals surface area contributed by atoms with Crippen LogP contribution in [0.15, 0.2) is 60.7 Å². The molecule has 6 nitrogen and oxygen atoms in total. The van der Waals surface area contributed by atoms with E-state index in [1.807, 2.05) is 48.7 Å². The van der Waals surface area contributed by atoms with E-state index < -0.39 is 16.8 Å². The van der Waals surface area contributed by atoms with Crippen LogP contribution in [0, 0.1) is 20.8 Å². The van der Waals surface area contributed by atoms with Crippen LogP contribution in [-0.4, -0.2) is 23.9 Å². The van der Waals surface area contributed by atoms with Gasteiger partial charge in [0.05, 0.1) is 23.3 Å². The van der Waals surface area contributed by atoms with E-state index in [0.29, 0.717) is 22.8 Å². The van der Waals surface area contributed by atoms with Crippen molar-refractivity contribution in [1.82, 2.24) is 9.55 Å². The molecule has 0 aliphatic heterocycles. The number of hydrogen-bond acceptors (Lipinski definition) is 4. The summed E-state index contributed by atoms with van der Waals surface area (Å²) in [7, 11) is -3.18. The fourth-order valence-corrected chi connectivity index (χ4v) is 4.56. The zero-order valence-electron chi connectivity index (χ0n) is 17.9. The van der Waals surface area contributed by atoms with E-state index in [4.69, 9.17) is 11.6 Å². The molecule has 0 saturated carbocycles. The number of benzene rings is 3. The van der Waals surface area contributed by atoms with Gasteiger partial charge in [0.25, 0.3) is 5.91 Å². The number of anilines is 1. The first-order valence-electron chi connectivity index (χ1n) is 10.0. The maximum atomic E-state index is 13.3. The first kappa shape index (κ1) is 22.0. The summed E-state index contributed by atoms with van der Waals surface area (Å²) in [4.78, 5) is 17.9. The topological polar surface area (TPSA) is 72.3 Å². The second-order valence-electron chi connectivity index (χ2n) is 7.68. The van der Waals surface area contributed by atoms with Crippen molar-refractivity contribution in [2.75, 3.05) is 4.31 Å². The number of carbonyl (C=O) groups excluding carboxylic acids is 1. The average Bonchev–Trinajstić information content (AvgIpc) is 3.06. The third-order valence-electron chi connectivity index (χ3n) is 5.42. The Bertz CT molecular complexity index is 1420. The smallest absolute Gasteiger partial charge is 0.271 e. The molecule has 0 unspecified atom stereocenters. The van der Waals surface area contributed by atoms with Crippen molar-refractivity contribution in [2.45, 2.75) is 27.3 Å². The third kappa shape index (κ3) is 4.13. The molecule has 3 aromatic carbocycles. The summed E-state index contributed by atoms with van der Waals surface area (Å²) in [5.41, 5.74) is 4.55. The lowest BCUT2D eigenvalue weighted by Gasteiger charge is -2.19. The molecule has 164 valence electrons. The number of rotatable bonds is 5. The lowest BCUT2D eigenvalue weighted by Crippen LogP contribution is -2.30. The van der Waals surface area contributed by atoms with Gasteiger partial charge in [0, 0.05) is 10.6 Å². The van der Waals surface area contributed by atoms with Gasteiger partial charge >= 0.3 is 0 Å². The molecule has 0 atom stereocenters. The van der Waals surface area contributed by atoms with E-state index in [0.717, 1.165) is 32.3 Å². The number of carbonyl (C=O) groups is 1. The summed E-state index contributed by atoms with van der Waals surface area (Å²) in [6.45, 7) is 6.00. The van der Waals surface area contributed by atoms with Crippen LogP contribution in [0.3, 0.4) is 0 Å². The highest BCUT2D eigenvalue weighted by atomic mass is 35.5.